The summed E-state index contributed by atoms with van der Waals surface area (Å²) in [4.78, 5) is 44.2. The van der Waals surface area contributed by atoms with Gasteiger partial charge in [-0.1, -0.05) is 23.5 Å². The van der Waals surface area contributed by atoms with Crippen molar-refractivity contribution in [1.82, 2.24) is 15.6 Å². The zero-order chi connectivity index (χ0) is 26.4. The van der Waals surface area contributed by atoms with Crippen LogP contribution >= 0.6 is 27.3 Å². The first kappa shape index (κ1) is 26.3. The molecule has 4 N–H and O–H groups in total. The number of hydrogen-bond acceptors (Lipinski definition) is 8. The molecule has 0 aliphatic carbocycles. The second-order valence-corrected chi connectivity index (χ2v) is 9.90. The number of rotatable bonds is 8. The first-order valence-corrected chi connectivity index (χ1v) is 12.8. The van der Waals surface area contributed by atoms with Gasteiger partial charge in [0.2, 0.25) is 0 Å². The number of carboxylic acid groups (broad SMARTS) is 1. The van der Waals surface area contributed by atoms with Crippen LogP contribution in [0.15, 0.2) is 58.8 Å². The first-order chi connectivity index (χ1) is 17.8. The molecule has 1 saturated heterocycles. The fourth-order valence-electron chi connectivity index (χ4n) is 3.52. The Morgan fingerprint density at radius 3 is 2.62 bits per heavy atom. The van der Waals surface area contributed by atoms with Gasteiger partial charge in [0.25, 0.3) is 11.8 Å². The maximum Gasteiger partial charge on any atom is 0.352 e. The molecule has 0 radical (unpaired) electrons. The van der Waals surface area contributed by atoms with Gasteiger partial charge in [-0.2, -0.15) is 0 Å². The molecular formula is C25H23BrN4O6S. The van der Waals surface area contributed by atoms with Crippen LogP contribution in [0.25, 0.3) is 6.08 Å². The lowest BCUT2D eigenvalue weighted by molar-refractivity contribution is -0.132. The molecule has 4 rings (SSSR count). The van der Waals surface area contributed by atoms with E-state index in [1.54, 1.807) is 24.4 Å². The van der Waals surface area contributed by atoms with E-state index in [2.05, 4.69) is 36.4 Å². The van der Waals surface area contributed by atoms with Crippen molar-refractivity contribution in [2.75, 3.05) is 31.2 Å². The third-order valence-corrected chi connectivity index (χ3v) is 7.06. The van der Waals surface area contributed by atoms with E-state index in [0.29, 0.717) is 41.2 Å². The van der Waals surface area contributed by atoms with E-state index >= 15 is 0 Å². The summed E-state index contributed by atoms with van der Waals surface area (Å²) < 4.78 is 5.66. The molecule has 1 fully saturated rings. The van der Waals surface area contributed by atoms with Gasteiger partial charge < -0.3 is 30.5 Å². The van der Waals surface area contributed by atoms with E-state index < -0.39 is 11.9 Å². The minimum Gasteiger partial charge on any atom is -0.508 e. The fraction of sp³-hybridized carbons (Fsp3) is 0.200. The quantitative estimate of drug-likeness (QED) is 0.295. The Morgan fingerprint density at radius 1 is 1.14 bits per heavy atom. The van der Waals surface area contributed by atoms with Gasteiger partial charge >= 0.3 is 5.97 Å². The predicted molar refractivity (Wildman–Crippen MR) is 142 cm³/mol. The van der Waals surface area contributed by atoms with Gasteiger partial charge in [0.1, 0.15) is 11.4 Å². The topological polar surface area (TPSA) is 141 Å². The van der Waals surface area contributed by atoms with Gasteiger partial charge in [0, 0.05) is 35.9 Å². The van der Waals surface area contributed by atoms with Crippen molar-refractivity contribution >= 4 is 56.3 Å². The molecule has 12 heteroatoms. The Labute approximate surface area is 224 Å². The Morgan fingerprint density at radius 2 is 1.92 bits per heavy atom. The number of carboxylic acids is 1. The monoisotopic (exact) mass is 586 g/mol. The van der Waals surface area contributed by atoms with Crippen molar-refractivity contribution in [2.24, 2.45) is 0 Å². The van der Waals surface area contributed by atoms with Crippen molar-refractivity contribution in [1.29, 1.82) is 0 Å². The lowest BCUT2D eigenvalue weighted by atomic mass is 10.1. The van der Waals surface area contributed by atoms with E-state index in [0.717, 1.165) is 10.7 Å². The zero-order valence-corrected chi connectivity index (χ0v) is 21.8. The van der Waals surface area contributed by atoms with Gasteiger partial charge in [0.05, 0.1) is 23.7 Å². The number of ether oxygens (including phenoxy) is 1. The number of benzene rings is 2. The molecule has 0 atom stereocenters. The number of halogens is 1. The number of amides is 2. The molecule has 2 amide bonds. The fourth-order valence-corrected chi connectivity index (χ4v) is 4.99. The highest BCUT2D eigenvalue weighted by atomic mass is 79.9. The van der Waals surface area contributed by atoms with Crippen LogP contribution in [0.3, 0.4) is 0 Å². The van der Waals surface area contributed by atoms with E-state index in [1.807, 2.05) is 0 Å². The highest BCUT2D eigenvalue weighted by Gasteiger charge is 2.19. The second-order valence-electron chi connectivity index (χ2n) is 8.01. The molecule has 0 bridgehead atoms. The number of nitrogens with zero attached hydrogens (tertiary/aromatic N) is 2. The Kier molecular flexibility index (Phi) is 8.54. The highest BCUT2D eigenvalue weighted by Crippen LogP contribution is 2.25. The minimum absolute atomic E-state index is 0.104. The molecule has 1 aliphatic heterocycles. The standard InChI is InChI=1S/C25H23BrN4O6S/c26-20-11-16(22(32)27-13-15-2-1-3-17(31)10-15)4-5-19(20)23(33)29-21(24(34)35)12-18-14-28-25(37-18)30-6-8-36-9-7-30/h1-5,10-12,14,31H,6-9,13H2,(H,27,32)(H,29,33)(H,34,35)/b21-12+. The van der Waals surface area contributed by atoms with E-state index in [-0.39, 0.29) is 29.5 Å². The summed E-state index contributed by atoms with van der Waals surface area (Å²) in [6.45, 7) is 2.83. The number of phenols is 1. The summed E-state index contributed by atoms with van der Waals surface area (Å²) in [5, 5.41) is 25.1. The summed E-state index contributed by atoms with van der Waals surface area (Å²) in [6.07, 6.45) is 2.92. The first-order valence-electron chi connectivity index (χ1n) is 11.2. The molecule has 0 spiro atoms. The number of thiazole rings is 1. The van der Waals surface area contributed by atoms with Crippen molar-refractivity contribution in [3.63, 3.8) is 0 Å². The maximum absolute atomic E-state index is 12.8. The minimum atomic E-state index is -1.30. The molecular weight excluding hydrogens is 564 g/mol. The predicted octanol–water partition coefficient (Wildman–Crippen LogP) is 3.23. The van der Waals surface area contributed by atoms with E-state index in [9.17, 15) is 24.6 Å². The lowest BCUT2D eigenvalue weighted by Crippen LogP contribution is -2.36. The molecule has 0 unspecified atom stereocenters. The lowest BCUT2D eigenvalue weighted by Gasteiger charge is -2.25. The van der Waals surface area contributed by atoms with Crippen molar-refractivity contribution in [2.45, 2.75) is 6.54 Å². The molecule has 37 heavy (non-hydrogen) atoms. The van der Waals surface area contributed by atoms with Crippen molar-refractivity contribution in [3.8, 4) is 5.75 Å². The number of anilines is 1. The van der Waals surface area contributed by atoms with Crippen LogP contribution in [-0.2, 0) is 16.1 Å². The zero-order valence-electron chi connectivity index (χ0n) is 19.4. The van der Waals surface area contributed by atoms with Crippen LogP contribution < -0.4 is 15.5 Å². The smallest absolute Gasteiger partial charge is 0.352 e. The summed E-state index contributed by atoms with van der Waals surface area (Å²) in [5.74, 6) is -2.21. The van der Waals surface area contributed by atoms with Gasteiger partial charge in [-0.15, -0.1) is 0 Å². The van der Waals surface area contributed by atoms with Crippen LogP contribution in [0, 0.1) is 0 Å². The average molecular weight is 587 g/mol. The van der Waals surface area contributed by atoms with Gasteiger partial charge in [0.15, 0.2) is 5.13 Å². The van der Waals surface area contributed by atoms with Gasteiger partial charge in [-0.3, -0.25) is 9.59 Å². The Hall–Kier alpha value is -3.74. The van der Waals surface area contributed by atoms with Crippen LogP contribution in [0.5, 0.6) is 5.75 Å². The van der Waals surface area contributed by atoms with E-state index in [4.69, 9.17) is 4.74 Å². The molecule has 192 valence electrons. The third-order valence-electron chi connectivity index (χ3n) is 5.40. The highest BCUT2D eigenvalue weighted by molar-refractivity contribution is 9.10. The van der Waals surface area contributed by atoms with Crippen LogP contribution in [-0.4, -0.2) is 59.3 Å². The van der Waals surface area contributed by atoms with Crippen molar-refractivity contribution in [3.05, 3.63) is 80.4 Å². The summed E-state index contributed by atoms with van der Waals surface area (Å²) in [7, 11) is 0. The van der Waals surface area contributed by atoms with Crippen molar-refractivity contribution < 1.29 is 29.3 Å². The van der Waals surface area contributed by atoms with Gasteiger partial charge in [-0.05, 0) is 57.9 Å². The molecule has 3 aromatic rings. The second kappa shape index (κ2) is 12.0. The van der Waals surface area contributed by atoms with E-state index in [1.165, 1.54) is 41.7 Å². The molecule has 1 aliphatic rings. The normalized spacial score (nSPS) is 13.8. The number of hydrogen-bond donors (Lipinski definition) is 4. The van der Waals surface area contributed by atoms with Crippen LogP contribution in [0.1, 0.15) is 31.2 Å². The summed E-state index contributed by atoms with van der Waals surface area (Å²) >= 11 is 4.62. The summed E-state index contributed by atoms with van der Waals surface area (Å²) in [6, 6.07) is 10.9. The molecule has 10 nitrogen and oxygen atoms in total. The number of aromatic nitrogens is 1. The molecule has 1 aromatic heterocycles. The molecule has 2 aromatic carbocycles. The summed E-state index contributed by atoms with van der Waals surface area (Å²) in [5.41, 5.74) is 0.893. The molecule has 2 heterocycles. The largest absolute Gasteiger partial charge is 0.508 e. The Balaban J connectivity index is 1.42. The maximum atomic E-state index is 12.8. The number of carbonyl (C=O) groups is 3. The Bertz CT molecular complexity index is 1350. The number of carbonyl (C=O) groups excluding carboxylic acids is 2. The van der Waals surface area contributed by atoms with Gasteiger partial charge in [-0.25, -0.2) is 9.78 Å². The number of aromatic hydroxyl groups is 1. The SMILES string of the molecule is O=C(O)/C(=C\c1cnc(N2CCOCC2)s1)NC(=O)c1ccc(C(=O)NCc2cccc(O)c2)cc1Br. The van der Waals surface area contributed by atoms with Crippen LogP contribution in [0.4, 0.5) is 5.13 Å². The number of phenolic OH excluding ortho intramolecular Hbond substituents is 1. The average Bonchev–Trinajstić information content (AvgIpc) is 3.36. The number of morpholine rings is 1. The van der Waals surface area contributed by atoms with Crippen LogP contribution in [0.2, 0.25) is 0 Å². The number of aliphatic carboxylic acids is 1. The number of nitrogens with one attached hydrogen (secondary N) is 2. The third kappa shape index (κ3) is 6.94. The molecule has 0 saturated carbocycles.